The predicted octanol–water partition coefficient (Wildman–Crippen LogP) is 3.39. The highest BCUT2D eigenvalue weighted by Gasteiger charge is 2.09. The van der Waals surface area contributed by atoms with E-state index in [-0.39, 0.29) is 12.5 Å². The Bertz CT molecular complexity index is 668. The summed E-state index contributed by atoms with van der Waals surface area (Å²) in [6, 6.07) is 15.1. The van der Waals surface area contributed by atoms with E-state index in [1.165, 1.54) is 0 Å². The predicted molar refractivity (Wildman–Crippen MR) is 97.5 cm³/mol. The fourth-order valence-electron chi connectivity index (χ4n) is 2.31. The topological polar surface area (TPSA) is 56.8 Å². The second-order valence-corrected chi connectivity index (χ2v) is 5.86. The lowest BCUT2D eigenvalue weighted by atomic mass is 10.0. The molecule has 0 radical (unpaired) electrons. The van der Waals surface area contributed by atoms with Crippen molar-refractivity contribution >= 4 is 5.91 Å². The van der Waals surface area contributed by atoms with E-state index < -0.39 is 0 Å². The van der Waals surface area contributed by atoms with Gasteiger partial charge < -0.3 is 19.5 Å². The molecule has 5 nitrogen and oxygen atoms in total. The van der Waals surface area contributed by atoms with Crippen molar-refractivity contribution in [3.8, 4) is 17.2 Å². The summed E-state index contributed by atoms with van der Waals surface area (Å²) in [5.41, 5.74) is 1.10. The van der Waals surface area contributed by atoms with Crippen LogP contribution in [0.4, 0.5) is 0 Å². The lowest BCUT2D eigenvalue weighted by molar-refractivity contribution is -0.123. The molecular weight excluding hydrogens is 318 g/mol. The van der Waals surface area contributed by atoms with Gasteiger partial charge in [-0.3, -0.25) is 4.79 Å². The molecule has 0 saturated heterocycles. The highest BCUT2D eigenvalue weighted by Crippen LogP contribution is 2.25. The van der Waals surface area contributed by atoms with Crippen LogP contribution >= 0.6 is 0 Å². The molecule has 2 aromatic rings. The Kier molecular flexibility index (Phi) is 7.14. The van der Waals surface area contributed by atoms with E-state index in [0.29, 0.717) is 19.1 Å². The molecule has 0 bridgehead atoms. The van der Waals surface area contributed by atoms with Gasteiger partial charge in [0.1, 0.15) is 23.9 Å². The first kappa shape index (κ1) is 18.6. The fourth-order valence-corrected chi connectivity index (χ4v) is 2.31. The number of carbonyl (C=O) groups is 1. The molecule has 134 valence electrons. The first-order valence-corrected chi connectivity index (χ1v) is 8.35. The van der Waals surface area contributed by atoms with Crippen molar-refractivity contribution in [1.29, 1.82) is 0 Å². The average Bonchev–Trinajstić information content (AvgIpc) is 2.64. The largest absolute Gasteiger partial charge is 0.497 e. The Morgan fingerprint density at radius 1 is 1.00 bits per heavy atom. The summed E-state index contributed by atoms with van der Waals surface area (Å²) in [6.07, 6.45) is 0. The summed E-state index contributed by atoms with van der Waals surface area (Å²) in [7, 11) is 1.62. The van der Waals surface area contributed by atoms with Gasteiger partial charge in [-0.15, -0.1) is 0 Å². The SMILES string of the molecule is COc1ccc(OCCNC(=O)COc2ccccc2C(C)C)cc1. The van der Waals surface area contributed by atoms with Gasteiger partial charge in [-0.05, 0) is 41.8 Å². The Labute approximate surface area is 148 Å². The summed E-state index contributed by atoms with van der Waals surface area (Å²) in [5, 5.41) is 2.78. The minimum absolute atomic E-state index is 0.00767. The Hall–Kier alpha value is -2.69. The van der Waals surface area contributed by atoms with E-state index in [1.807, 2.05) is 48.5 Å². The maximum Gasteiger partial charge on any atom is 0.258 e. The number of carbonyl (C=O) groups excluding carboxylic acids is 1. The summed E-state index contributed by atoms with van der Waals surface area (Å²) >= 11 is 0. The maximum absolute atomic E-state index is 11.9. The normalized spacial score (nSPS) is 10.4. The highest BCUT2D eigenvalue weighted by molar-refractivity contribution is 5.77. The van der Waals surface area contributed by atoms with E-state index >= 15 is 0 Å². The van der Waals surface area contributed by atoms with Crippen molar-refractivity contribution in [3.63, 3.8) is 0 Å². The van der Waals surface area contributed by atoms with E-state index in [1.54, 1.807) is 7.11 Å². The minimum Gasteiger partial charge on any atom is -0.497 e. The molecule has 0 atom stereocenters. The fraction of sp³-hybridized carbons (Fsp3) is 0.350. The Morgan fingerprint density at radius 2 is 1.68 bits per heavy atom. The molecule has 0 spiro atoms. The molecule has 2 aromatic carbocycles. The molecule has 0 aliphatic carbocycles. The second kappa shape index (κ2) is 9.57. The lowest BCUT2D eigenvalue weighted by Gasteiger charge is -2.13. The standard InChI is InChI=1S/C20H25NO4/c1-15(2)18-6-4-5-7-19(18)25-14-20(22)21-12-13-24-17-10-8-16(23-3)9-11-17/h4-11,15H,12-14H2,1-3H3,(H,21,22). The molecule has 0 heterocycles. The van der Waals surface area contributed by atoms with Gasteiger partial charge in [0.2, 0.25) is 0 Å². The van der Waals surface area contributed by atoms with Crippen LogP contribution in [0.25, 0.3) is 0 Å². The van der Waals surface area contributed by atoms with E-state index in [0.717, 1.165) is 22.8 Å². The minimum atomic E-state index is -0.170. The number of ether oxygens (including phenoxy) is 3. The number of para-hydroxylation sites is 1. The lowest BCUT2D eigenvalue weighted by Crippen LogP contribution is -2.32. The van der Waals surface area contributed by atoms with Crippen molar-refractivity contribution in [2.45, 2.75) is 19.8 Å². The van der Waals surface area contributed by atoms with Gasteiger partial charge in [-0.2, -0.15) is 0 Å². The third-order valence-electron chi connectivity index (χ3n) is 3.65. The Morgan fingerprint density at radius 3 is 2.36 bits per heavy atom. The van der Waals surface area contributed by atoms with E-state index in [4.69, 9.17) is 14.2 Å². The zero-order valence-electron chi connectivity index (χ0n) is 15.0. The third-order valence-corrected chi connectivity index (χ3v) is 3.65. The van der Waals surface area contributed by atoms with Crippen LogP contribution in [-0.4, -0.2) is 32.8 Å². The van der Waals surface area contributed by atoms with Gasteiger partial charge in [0, 0.05) is 0 Å². The van der Waals surface area contributed by atoms with Crippen LogP contribution < -0.4 is 19.5 Å². The molecule has 0 aliphatic heterocycles. The zero-order chi connectivity index (χ0) is 18.1. The molecule has 2 rings (SSSR count). The molecule has 0 fully saturated rings. The number of hydrogen-bond acceptors (Lipinski definition) is 4. The molecule has 1 amide bonds. The van der Waals surface area contributed by atoms with Gasteiger partial charge in [0.25, 0.3) is 5.91 Å². The number of benzene rings is 2. The molecule has 25 heavy (non-hydrogen) atoms. The van der Waals surface area contributed by atoms with Crippen LogP contribution in [0.2, 0.25) is 0 Å². The maximum atomic E-state index is 11.9. The Balaban J connectivity index is 1.69. The molecule has 0 saturated carbocycles. The first-order chi connectivity index (χ1) is 12.1. The molecule has 0 unspecified atom stereocenters. The van der Waals surface area contributed by atoms with Gasteiger partial charge >= 0.3 is 0 Å². The smallest absolute Gasteiger partial charge is 0.258 e. The number of amides is 1. The molecule has 0 aromatic heterocycles. The monoisotopic (exact) mass is 343 g/mol. The first-order valence-electron chi connectivity index (χ1n) is 8.35. The van der Waals surface area contributed by atoms with Gasteiger partial charge in [0.15, 0.2) is 6.61 Å². The summed E-state index contributed by atoms with van der Waals surface area (Å²) < 4.78 is 16.3. The molecule has 1 N–H and O–H groups in total. The van der Waals surface area contributed by atoms with Crippen molar-refractivity contribution in [1.82, 2.24) is 5.32 Å². The van der Waals surface area contributed by atoms with E-state index in [2.05, 4.69) is 19.2 Å². The van der Waals surface area contributed by atoms with Gasteiger partial charge in [-0.1, -0.05) is 32.0 Å². The molecule has 0 aliphatic rings. The number of rotatable bonds is 9. The average molecular weight is 343 g/mol. The van der Waals surface area contributed by atoms with Crippen LogP contribution in [0.15, 0.2) is 48.5 Å². The van der Waals surface area contributed by atoms with Crippen LogP contribution in [0.5, 0.6) is 17.2 Å². The van der Waals surface area contributed by atoms with Crippen molar-refractivity contribution in [2.75, 3.05) is 26.9 Å². The van der Waals surface area contributed by atoms with Crippen molar-refractivity contribution < 1.29 is 19.0 Å². The highest BCUT2D eigenvalue weighted by atomic mass is 16.5. The molecular formula is C20H25NO4. The number of nitrogens with one attached hydrogen (secondary N) is 1. The number of hydrogen-bond donors (Lipinski definition) is 1. The second-order valence-electron chi connectivity index (χ2n) is 5.86. The van der Waals surface area contributed by atoms with Gasteiger partial charge in [-0.25, -0.2) is 0 Å². The van der Waals surface area contributed by atoms with E-state index in [9.17, 15) is 4.79 Å². The van der Waals surface area contributed by atoms with Crippen LogP contribution in [0.3, 0.4) is 0 Å². The molecule has 5 heteroatoms. The van der Waals surface area contributed by atoms with Crippen LogP contribution in [0.1, 0.15) is 25.3 Å². The quantitative estimate of drug-likeness (QED) is 0.709. The number of methoxy groups -OCH3 is 1. The van der Waals surface area contributed by atoms with Crippen LogP contribution in [-0.2, 0) is 4.79 Å². The van der Waals surface area contributed by atoms with Crippen molar-refractivity contribution in [3.05, 3.63) is 54.1 Å². The van der Waals surface area contributed by atoms with Crippen molar-refractivity contribution in [2.24, 2.45) is 0 Å². The third kappa shape index (κ3) is 6.03. The van der Waals surface area contributed by atoms with Gasteiger partial charge in [0.05, 0.1) is 13.7 Å². The summed E-state index contributed by atoms with van der Waals surface area (Å²) in [6.45, 7) is 4.99. The zero-order valence-corrected chi connectivity index (χ0v) is 15.0. The summed E-state index contributed by atoms with van der Waals surface area (Å²) in [5.74, 6) is 2.44. The summed E-state index contributed by atoms with van der Waals surface area (Å²) in [4.78, 5) is 11.9. The van der Waals surface area contributed by atoms with Crippen LogP contribution in [0, 0.1) is 0 Å².